The molecule has 1 unspecified atom stereocenters. The first-order valence-electron chi connectivity index (χ1n) is 4.95. The van der Waals surface area contributed by atoms with Gasteiger partial charge in [0, 0.05) is 4.47 Å². The average Bonchev–Trinajstić information content (AvgIpc) is 2.71. The van der Waals surface area contributed by atoms with Gasteiger partial charge in [0.1, 0.15) is 5.69 Å². The zero-order valence-corrected chi connectivity index (χ0v) is 10.6. The summed E-state index contributed by atoms with van der Waals surface area (Å²) in [5, 5.41) is 17.3. The fourth-order valence-corrected chi connectivity index (χ4v) is 1.84. The molecule has 1 N–H and O–H groups in total. The summed E-state index contributed by atoms with van der Waals surface area (Å²) in [5.74, 6) is 0. The van der Waals surface area contributed by atoms with Crippen molar-refractivity contribution in [2.24, 2.45) is 0 Å². The van der Waals surface area contributed by atoms with Crippen molar-refractivity contribution in [2.75, 3.05) is 0 Å². The number of hydrogen-bond donors (Lipinski definition) is 1. The predicted molar refractivity (Wildman–Crippen MR) is 64.4 cm³/mol. The van der Waals surface area contributed by atoms with Crippen molar-refractivity contribution in [3.05, 3.63) is 40.1 Å². The van der Waals surface area contributed by atoms with Crippen molar-refractivity contribution >= 4 is 15.9 Å². The van der Waals surface area contributed by atoms with Crippen LogP contribution in [0, 0.1) is 6.92 Å². The molecule has 0 amide bonds. The first-order chi connectivity index (χ1) is 7.59. The summed E-state index contributed by atoms with van der Waals surface area (Å²) >= 11 is 3.51. The Morgan fingerprint density at radius 3 is 2.81 bits per heavy atom. The molecule has 0 aliphatic heterocycles. The Hall–Kier alpha value is -1.20. The lowest BCUT2D eigenvalue weighted by atomic mass is 10.2. The van der Waals surface area contributed by atoms with Crippen LogP contribution in [0.25, 0.3) is 5.69 Å². The molecule has 1 aromatic carbocycles. The number of aliphatic hydroxyl groups excluding tert-OH is 1. The van der Waals surface area contributed by atoms with Crippen molar-refractivity contribution in [3.8, 4) is 5.69 Å². The van der Waals surface area contributed by atoms with Gasteiger partial charge in [-0.2, -0.15) is 0 Å². The van der Waals surface area contributed by atoms with E-state index in [9.17, 15) is 5.11 Å². The quantitative estimate of drug-likeness (QED) is 0.920. The summed E-state index contributed by atoms with van der Waals surface area (Å²) in [4.78, 5) is 0. The average molecular weight is 282 g/mol. The first kappa shape index (κ1) is 11.3. The van der Waals surface area contributed by atoms with E-state index in [2.05, 4.69) is 26.2 Å². The van der Waals surface area contributed by atoms with Crippen molar-refractivity contribution in [1.29, 1.82) is 0 Å². The number of halogens is 1. The van der Waals surface area contributed by atoms with Crippen molar-refractivity contribution < 1.29 is 5.11 Å². The second-order valence-corrected chi connectivity index (χ2v) is 4.46. The zero-order chi connectivity index (χ0) is 11.7. The van der Waals surface area contributed by atoms with E-state index >= 15 is 0 Å². The van der Waals surface area contributed by atoms with E-state index in [1.165, 1.54) is 0 Å². The molecule has 84 valence electrons. The lowest BCUT2D eigenvalue weighted by Gasteiger charge is -2.05. The monoisotopic (exact) mass is 281 g/mol. The van der Waals surface area contributed by atoms with Crippen molar-refractivity contribution in [2.45, 2.75) is 20.0 Å². The number of aromatic nitrogens is 3. The van der Waals surface area contributed by atoms with E-state index in [0.717, 1.165) is 15.7 Å². The minimum absolute atomic E-state index is 0.563. The standard InChI is InChI=1S/C11H12BrN3O/c1-7-4-3-5-10(11(7)12)15-6-9(8(2)16)13-14-15/h3-6,8,16H,1-2H3. The SMILES string of the molecule is Cc1cccc(-n2cc(C(C)O)nn2)c1Br. The normalized spacial score (nSPS) is 12.8. The first-order valence-corrected chi connectivity index (χ1v) is 5.74. The lowest BCUT2D eigenvalue weighted by molar-refractivity contribution is 0.194. The number of nitrogens with zero attached hydrogens (tertiary/aromatic N) is 3. The molecule has 0 saturated carbocycles. The molecule has 0 radical (unpaired) electrons. The highest BCUT2D eigenvalue weighted by molar-refractivity contribution is 9.10. The Labute approximate surface area is 102 Å². The number of aliphatic hydroxyl groups is 1. The van der Waals surface area contributed by atoms with E-state index < -0.39 is 6.10 Å². The summed E-state index contributed by atoms with van der Waals surface area (Å²) in [5.41, 5.74) is 2.61. The lowest BCUT2D eigenvalue weighted by Crippen LogP contribution is -1.97. The van der Waals surface area contributed by atoms with Crippen LogP contribution in [0.5, 0.6) is 0 Å². The topological polar surface area (TPSA) is 50.9 Å². The Bertz CT molecular complexity index is 508. The van der Waals surface area contributed by atoms with Gasteiger partial charge in [-0.3, -0.25) is 0 Å². The molecule has 0 spiro atoms. The second kappa shape index (κ2) is 4.35. The molecule has 0 saturated heterocycles. The fourth-order valence-electron chi connectivity index (χ4n) is 1.39. The molecule has 1 atom stereocenters. The van der Waals surface area contributed by atoms with Crippen LogP contribution < -0.4 is 0 Å². The third kappa shape index (κ3) is 2.01. The summed E-state index contributed by atoms with van der Waals surface area (Å²) in [6.45, 7) is 3.68. The molecule has 1 heterocycles. The van der Waals surface area contributed by atoms with Crippen LogP contribution in [-0.4, -0.2) is 20.1 Å². The van der Waals surface area contributed by atoms with Gasteiger partial charge in [-0.05, 0) is 41.4 Å². The summed E-state index contributed by atoms with van der Waals surface area (Å²) in [6.07, 6.45) is 1.13. The largest absolute Gasteiger partial charge is 0.387 e. The second-order valence-electron chi connectivity index (χ2n) is 3.67. The Morgan fingerprint density at radius 1 is 1.44 bits per heavy atom. The van der Waals surface area contributed by atoms with E-state index in [1.807, 2.05) is 25.1 Å². The van der Waals surface area contributed by atoms with Crippen LogP contribution >= 0.6 is 15.9 Å². The van der Waals surface area contributed by atoms with Gasteiger partial charge in [-0.1, -0.05) is 17.3 Å². The number of rotatable bonds is 2. The molecule has 2 aromatic rings. The fraction of sp³-hybridized carbons (Fsp3) is 0.273. The molecule has 0 bridgehead atoms. The van der Waals surface area contributed by atoms with Gasteiger partial charge < -0.3 is 5.11 Å². The highest BCUT2D eigenvalue weighted by Crippen LogP contribution is 2.24. The van der Waals surface area contributed by atoms with E-state index in [0.29, 0.717) is 5.69 Å². The van der Waals surface area contributed by atoms with Crippen LogP contribution in [0.15, 0.2) is 28.9 Å². The third-order valence-corrected chi connectivity index (χ3v) is 3.39. The molecular formula is C11H12BrN3O. The van der Waals surface area contributed by atoms with Gasteiger partial charge in [-0.25, -0.2) is 4.68 Å². The molecule has 2 rings (SSSR count). The highest BCUT2D eigenvalue weighted by atomic mass is 79.9. The highest BCUT2D eigenvalue weighted by Gasteiger charge is 2.10. The van der Waals surface area contributed by atoms with Crippen LogP contribution in [0.4, 0.5) is 0 Å². The molecular weight excluding hydrogens is 270 g/mol. The minimum atomic E-state index is -0.600. The maximum Gasteiger partial charge on any atom is 0.111 e. The van der Waals surface area contributed by atoms with Crippen molar-refractivity contribution in [3.63, 3.8) is 0 Å². The Balaban J connectivity index is 2.47. The third-order valence-electron chi connectivity index (χ3n) is 2.36. The van der Waals surface area contributed by atoms with E-state index in [-0.39, 0.29) is 0 Å². The molecule has 0 aliphatic rings. The molecule has 1 aromatic heterocycles. The van der Waals surface area contributed by atoms with Gasteiger partial charge in [0.15, 0.2) is 0 Å². The Kier molecular flexibility index (Phi) is 3.07. The molecule has 0 fully saturated rings. The van der Waals surface area contributed by atoms with Crippen LogP contribution in [0.3, 0.4) is 0 Å². The zero-order valence-electron chi connectivity index (χ0n) is 9.05. The van der Waals surface area contributed by atoms with Crippen molar-refractivity contribution in [1.82, 2.24) is 15.0 Å². The number of benzene rings is 1. The van der Waals surface area contributed by atoms with Gasteiger partial charge in [0.05, 0.1) is 18.0 Å². The van der Waals surface area contributed by atoms with Crippen LogP contribution in [-0.2, 0) is 0 Å². The van der Waals surface area contributed by atoms with Gasteiger partial charge in [0.2, 0.25) is 0 Å². The molecule has 4 nitrogen and oxygen atoms in total. The number of hydrogen-bond acceptors (Lipinski definition) is 3. The summed E-state index contributed by atoms with van der Waals surface area (Å²) < 4.78 is 2.64. The maximum atomic E-state index is 9.38. The number of aryl methyl sites for hydroxylation is 1. The van der Waals surface area contributed by atoms with Gasteiger partial charge in [-0.15, -0.1) is 5.10 Å². The predicted octanol–water partition coefficient (Wildman–Crippen LogP) is 2.39. The molecule has 16 heavy (non-hydrogen) atoms. The Morgan fingerprint density at radius 2 is 2.19 bits per heavy atom. The maximum absolute atomic E-state index is 9.38. The van der Waals surface area contributed by atoms with Gasteiger partial charge >= 0.3 is 0 Å². The van der Waals surface area contributed by atoms with Crippen LogP contribution in [0.2, 0.25) is 0 Å². The summed E-state index contributed by atoms with van der Waals surface area (Å²) in [7, 11) is 0. The van der Waals surface area contributed by atoms with E-state index in [4.69, 9.17) is 0 Å². The smallest absolute Gasteiger partial charge is 0.111 e. The van der Waals surface area contributed by atoms with Gasteiger partial charge in [0.25, 0.3) is 0 Å². The van der Waals surface area contributed by atoms with E-state index in [1.54, 1.807) is 17.8 Å². The minimum Gasteiger partial charge on any atom is -0.387 e. The van der Waals surface area contributed by atoms with Crippen LogP contribution in [0.1, 0.15) is 24.3 Å². The molecule has 5 heteroatoms. The summed E-state index contributed by atoms with van der Waals surface area (Å²) in [6, 6.07) is 5.91. The molecule has 0 aliphatic carbocycles.